The van der Waals surface area contributed by atoms with Gasteiger partial charge in [0.05, 0.1) is 11.2 Å². The molecule has 0 aliphatic carbocycles. The number of hydrogen-bond acceptors (Lipinski definition) is 3. The monoisotopic (exact) mass is 200 g/mol. The zero-order valence-electron chi connectivity index (χ0n) is 10.1. The topological polar surface area (TPSA) is 27.7 Å². The SMILES string of the molecule is CCC1(C)OB(OC(C)C)OC1(C)C. The molecule has 1 saturated heterocycles. The van der Waals surface area contributed by atoms with E-state index >= 15 is 0 Å². The van der Waals surface area contributed by atoms with Crippen molar-refractivity contribution in [1.29, 1.82) is 0 Å². The summed E-state index contributed by atoms with van der Waals surface area (Å²) in [4.78, 5) is 0. The van der Waals surface area contributed by atoms with Gasteiger partial charge in [0.1, 0.15) is 0 Å². The minimum atomic E-state index is -0.519. The average molecular weight is 200 g/mol. The highest BCUT2D eigenvalue weighted by Crippen LogP contribution is 2.39. The predicted octanol–water partition coefficient (Wildman–Crippen LogP) is 2.39. The first-order valence-corrected chi connectivity index (χ1v) is 5.32. The molecule has 1 unspecified atom stereocenters. The van der Waals surface area contributed by atoms with Gasteiger partial charge in [-0.15, -0.1) is 0 Å². The fourth-order valence-electron chi connectivity index (χ4n) is 1.53. The zero-order valence-corrected chi connectivity index (χ0v) is 10.1. The van der Waals surface area contributed by atoms with Gasteiger partial charge in [-0.05, 0) is 41.0 Å². The van der Waals surface area contributed by atoms with E-state index in [0.717, 1.165) is 6.42 Å². The van der Waals surface area contributed by atoms with Gasteiger partial charge >= 0.3 is 7.32 Å². The van der Waals surface area contributed by atoms with E-state index < -0.39 is 7.32 Å². The van der Waals surface area contributed by atoms with Crippen LogP contribution in [0.15, 0.2) is 0 Å². The number of rotatable bonds is 3. The third-order valence-electron chi connectivity index (χ3n) is 3.08. The first-order chi connectivity index (χ1) is 6.31. The van der Waals surface area contributed by atoms with Crippen molar-refractivity contribution in [3.63, 3.8) is 0 Å². The Morgan fingerprint density at radius 3 is 2.14 bits per heavy atom. The largest absolute Gasteiger partial charge is 0.640 e. The predicted molar refractivity (Wildman–Crippen MR) is 56.9 cm³/mol. The molecule has 0 aromatic carbocycles. The lowest BCUT2D eigenvalue weighted by Crippen LogP contribution is -2.44. The van der Waals surface area contributed by atoms with E-state index in [1.165, 1.54) is 0 Å². The van der Waals surface area contributed by atoms with Crippen LogP contribution in [0, 0.1) is 0 Å². The molecular weight excluding hydrogens is 179 g/mol. The molecule has 4 heteroatoms. The number of hydrogen-bond donors (Lipinski definition) is 0. The van der Waals surface area contributed by atoms with Crippen LogP contribution in [0.3, 0.4) is 0 Å². The second-order valence-electron chi connectivity index (χ2n) is 4.80. The molecule has 0 saturated carbocycles. The van der Waals surface area contributed by atoms with Crippen LogP contribution in [-0.2, 0) is 14.0 Å². The summed E-state index contributed by atoms with van der Waals surface area (Å²) in [5, 5.41) is 0. The van der Waals surface area contributed by atoms with Crippen molar-refractivity contribution in [2.24, 2.45) is 0 Å². The molecular formula is C10H21BO3. The Kier molecular flexibility index (Phi) is 3.29. The summed E-state index contributed by atoms with van der Waals surface area (Å²) in [6, 6.07) is 0. The average Bonchev–Trinajstić information content (AvgIpc) is 2.21. The molecule has 1 aliphatic heterocycles. The van der Waals surface area contributed by atoms with Crippen LogP contribution in [0.1, 0.15) is 48.0 Å². The lowest BCUT2D eigenvalue weighted by atomic mass is 9.86. The third kappa shape index (κ3) is 2.13. The third-order valence-corrected chi connectivity index (χ3v) is 3.08. The molecule has 0 aromatic heterocycles. The van der Waals surface area contributed by atoms with Crippen molar-refractivity contribution < 1.29 is 14.0 Å². The Hall–Kier alpha value is -0.0551. The van der Waals surface area contributed by atoms with E-state index in [1.807, 2.05) is 27.7 Å². The molecule has 0 spiro atoms. The molecule has 0 aromatic rings. The first kappa shape index (κ1) is 12.0. The molecule has 3 nitrogen and oxygen atoms in total. The standard InChI is InChI=1S/C10H21BO3/c1-7-10(6)9(4,5)13-11(14-10)12-8(2)3/h8H,7H2,1-6H3. The summed E-state index contributed by atoms with van der Waals surface area (Å²) in [6.07, 6.45) is 1.04. The Morgan fingerprint density at radius 1 is 1.21 bits per heavy atom. The fraction of sp³-hybridized carbons (Fsp3) is 1.00. The van der Waals surface area contributed by atoms with Crippen LogP contribution in [0.25, 0.3) is 0 Å². The fourth-order valence-corrected chi connectivity index (χ4v) is 1.53. The van der Waals surface area contributed by atoms with E-state index in [-0.39, 0.29) is 17.3 Å². The van der Waals surface area contributed by atoms with E-state index in [0.29, 0.717) is 0 Å². The summed E-state index contributed by atoms with van der Waals surface area (Å²) < 4.78 is 17.0. The Labute approximate surface area is 87.3 Å². The van der Waals surface area contributed by atoms with Gasteiger partial charge in [-0.3, -0.25) is 0 Å². The summed E-state index contributed by atoms with van der Waals surface area (Å²) in [7, 11) is -0.519. The van der Waals surface area contributed by atoms with E-state index in [4.69, 9.17) is 14.0 Å². The van der Waals surface area contributed by atoms with Crippen LogP contribution in [0.2, 0.25) is 0 Å². The van der Waals surface area contributed by atoms with Crippen LogP contribution in [0.4, 0.5) is 0 Å². The normalized spacial score (nSPS) is 31.5. The van der Waals surface area contributed by atoms with Gasteiger partial charge in [-0.2, -0.15) is 0 Å². The highest BCUT2D eigenvalue weighted by molar-refractivity contribution is 6.37. The molecule has 1 fully saturated rings. The van der Waals surface area contributed by atoms with Crippen molar-refractivity contribution in [3.8, 4) is 0 Å². The molecule has 0 N–H and O–H groups in total. The Morgan fingerprint density at radius 2 is 1.79 bits per heavy atom. The van der Waals surface area contributed by atoms with Crippen molar-refractivity contribution >= 4 is 7.32 Å². The van der Waals surface area contributed by atoms with Crippen LogP contribution < -0.4 is 0 Å². The molecule has 82 valence electrons. The van der Waals surface area contributed by atoms with Crippen LogP contribution in [0.5, 0.6) is 0 Å². The lowest BCUT2D eigenvalue weighted by Gasteiger charge is -2.34. The van der Waals surface area contributed by atoms with Gasteiger partial charge in [-0.25, -0.2) is 0 Å². The van der Waals surface area contributed by atoms with Crippen LogP contribution in [-0.4, -0.2) is 24.6 Å². The van der Waals surface area contributed by atoms with Crippen molar-refractivity contribution in [2.45, 2.75) is 65.3 Å². The Balaban J connectivity index is 2.67. The summed E-state index contributed by atoms with van der Waals surface area (Å²) in [5.74, 6) is 0. The second-order valence-corrected chi connectivity index (χ2v) is 4.80. The van der Waals surface area contributed by atoms with Gasteiger partial charge in [0.25, 0.3) is 0 Å². The lowest BCUT2D eigenvalue weighted by molar-refractivity contribution is -0.0119. The quantitative estimate of drug-likeness (QED) is 0.654. The smallest absolute Gasteiger partial charge is 0.384 e. The second kappa shape index (κ2) is 3.84. The van der Waals surface area contributed by atoms with Gasteiger partial charge in [0.15, 0.2) is 0 Å². The molecule has 0 radical (unpaired) electrons. The van der Waals surface area contributed by atoms with Gasteiger partial charge in [0.2, 0.25) is 0 Å². The van der Waals surface area contributed by atoms with Gasteiger partial charge in [0, 0.05) is 6.10 Å². The molecule has 1 rings (SSSR count). The summed E-state index contributed by atoms with van der Waals surface area (Å²) in [6.45, 7) is 12.2. The highest BCUT2D eigenvalue weighted by Gasteiger charge is 2.54. The summed E-state index contributed by atoms with van der Waals surface area (Å²) in [5.41, 5.74) is -0.548. The van der Waals surface area contributed by atoms with Crippen LogP contribution >= 0.6 is 0 Å². The van der Waals surface area contributed by atoms with Crippen molar-refractivity contribution in [1.82, 2.24) is 0 Å². The van der Waals surface area contributed by atoms with E-state index in [1.54, 1.807) is 0 Å². The minimum absolute atomic E-state index is 0.120. The van der Waals surface area contributed by atoms with E-state index in [9.17, 15) is 0 Å². The van der Waals surface area contributed by atoms with E-state index in [2.05, 4.69) is 13.8 Å². The van der Waals surface area contributed by atoms with Crippen molar-refractivity contribution in [3.05, 3.63) is 0 Å². The molecule has 0 bridgehead atoms. The molecule has 1 aliphatic rings. The van der Waals surface area contributed by atoms with Crippen molar-refractivity contribution in [2.75, 3.05) is 0 Å². The Bertz CT molecular complexity index is 206. The summed E-state index contributed by atoms with van der Waals surface area (Å²) >= 11 is 0. The molecule has 0 amide bonds. The minimum Gasteiger partial charge on any atom is -0.384 e. The van der Waals surface area contributed by atoms with Gasteiger partial charge < -0.3 is 14.0 Å². The molecule has 1 atom stereocenters. The molecule has 14 heavy (non-hydrogen) atoms. The zero-order chi connectivity index (χ0) is 11.0. The van der Waals surface area contributed by atoms with Gasteiger partial charge in [-0.1, -0.05) is 6.92 Å². The first-order valence-electron chi connectivity index (χ1n) is 5.32. The maximum Gasteiger partial charge on any atom is 0.640 e. The maximum absolute atomic E-state index is 5.78. The molecule has 1 heterocycles. The maximum atomic E-state index is 5.78. The highest BCUT2D eigenvalue weighted by atomic mass is 16.8.